The van der Waals surface area contributed by atoms with Crippen LogP contribution >= 0.6 is 0 Å². The first-order valence-corrected chi connectivity index (χ1v) is 6.93. The van der Waals surface area contributed by atoms with Gasteiger partial charge in [0.05, 0.1) is 0 Å². The Labute approximate surface area is 100 Å². The normalized spacial score (nSPS) is 32.4. The molecule has 0 radical (unpaired) electrons. The summed E-state index contributed by atoms with van der Waals surface area (Å²) < 4.78 is 0. The fourth-order valence-corrected chi connectivity index (χ4v) is 2.78. The Balaban J connectivity index is 1.88. The molecule has 1 aliphatic carbocycles. The van der Waals surface area contributed by atoms with Gasteiger partial charge in [0.1, 0.15) is 0 Å². The van der Waals surface area contributed by atoms with E-state index in [1.54, 1.807) is 0 Å². The van der Waals surface area contributed by atoms with Crippen molar-refractivity contribution < 1.29 is 0 Å². The van der Waals surface area contributed by atoms with Crippen LogP contribution in [0.4, 0.5) is 0 Å². The molecule has 1 heterocycles. The highest BCUT2D eigenvalue weighted by Gasteiger charge is 2.36. The molecule has 0 amide bonds. The zero-order valence-corrected chi connectivity index (χ0v) is 10.8. The van der Waals surface area contributed by atoms with E-state index in [-0.39, 0.29) is 0 Å². The first-order chi connectivity index (χ1) is 7.85. The topological polar surface area (TPSA) is 15.3 Å². The average Bonchev–Trinajstić information content (AvgIpc) is 3.12. The molecule has 2 atom stereocenters. The lowest BCUT2D eigenvalue weighted by atomic mass is 10.0. The number of nitrogens with one attached hydrogen (secondary N) is 1. The van der Waals surface area contributed by atoms with Crippen molar-refractivity contribution in [1.29, 1.82) is 0 Å². The minimum atomic E-state index is 0.760. The Morgan fingerprint density at radius 3 is 2.81 bits per heavy atom. The maximum atomic E-state index is 3.76. The Hall–Kier alpha value is -0.340. The van der Waals surface area contributed by atoms with Gasteiger partial charge in [0.15, 0.2) is 0 Å². The van der Waals surface area contributed by atoms with Crippen molar-refractivity contribution in [3.05, 3.63) is 12.2 Å². The highest BCUT2D eigenvalue weighted by molar-refractivity contribution is 4.96. The van der Waals surface area contributed by atoms with Crippen molar-refractivity contribution in [2.45, 2.75) is 51.6 Å². The molecule has 2 aliphatic rings. The van der Waals surface area contributed by atoms with Gasteiger partial charge in [0.2, 0.25) is 0 Å². The van der Waals surface area contributed by atoms with Crippen molar-refractivity contribution in [2.75, 3.05) is 19.6 Å². The van der Waals surface area contributed by atoms with Crippen LogP contribution in [0.15, 0.2) is 12.2 Å². The van der Waals surface area contributed by atoms with E-state index in [0.717, 1.165) is 24.5 Å². The summed E-state index contributed by atoms with van der Waals surface area (Å²) in [4.78, 5) is 2.68. The molecule has 0 aromatic heterocycles. The number of allylic oxidation sites excluding steroid dienone is 1. The molecule has 92 valence electrons. The molecule has 16 heavy (non-hydrogen) atoms. The summed E-state index contributed by atoms with van der Waals surface area (Å²) in [6.07, 6.45) is 10.0. The van der Waals surface area contributed by atoms with Gasteiger partial charge in [0.25, 0.3) is 0 Å². The van der Waals surface area contributed by atoms with Crippen LogP contribution in [-0.4, -0.2) is 36.6 Å². The quantitative estimate of drug-likeness (QED) is 0.719. The van der Waals surface area contributed by atoms with Crippen LogP contribution in [0, 0.1) is 5.92 Å². The molecule has 2 unspecified atom stereocenters. The van der Waals surface area contributed by atoms with Crippen LogP contribution in [0.3, 0.4) is 0 Å². The van der Waals surface area contributed by atoms with Crippen LogP contribution in [0.25, 0.3) is 0 Å². The minimum Gasteiger partial charge on any atom is -0.311 e. The Morgan fingerprint density at radius 2 is 2.19 bits per heavy atom. The highest BCUT2D eigenvalue weighted by atomic mass is 15.2. The van der Waals surface area contributed by atoms with E-state index in [4.69, 9.17) is 0 Å². The summed E-state index contributed by atoms with van der Waals surface area (Å²) in [6.45, 7) is 8.02. The third kappa shape index (κ3) is 3.08. The zero-order chi connectivity index (χ0) is 11.4. The number of piperazine rings is 1. The Morgan fingerprint density at radius 1 is 1.38 bits per heavy atom. The lowest BCUT2D eigenvalue weighted by Gasteiger charge is -2.40. The molecular formula is C14H26N2. The molecule has 1 saturated heterocycles. The second-order valence-electron chi connectivity index (χ2n) is 5.32. The lowest BCUT2D eigenvalue weighted by molar-refractivity contribution is 0.129. The third-order valence-corrected chi connectivity index (χ3v) is 3.95. The van der Waals surface area contributed by atoms with E-state index in [1.165, 1.54) is 38.8 Å². The van der Waals surface area contributed by atoms with Gasteiger partial charge in [-0.1, -0.05) is 25.5 Å². The molecule has 0 spiro atoms. The predicted octanol–water partition coefficient (Wildman–Crippen LogP) is 2.42. The van der Waals surface area contributed by atoms with Gasteiger partial charge in [0, 0.05) is 31.7 Å². The summed E-state index contributed by atoms with van der Waals surface area (Å²) in [5, 5.41) is 3.76. The summed E-state index contributed by atoms with van der Waals surface area (Å²) in [7, 11) is 0. The van der Waals surface area contributed by atoms with Gasteiger partial charge in [-0.15, -0.1) is 0 Å². The van der Waals surface area contributed by atoms with Crippen LogP contribution < -0.4 is 5.32 Å². The van der Waals surface area contributed by atoms with Crippen molar-refractivity contribution in [1.82, 2.24) is 10.2 Å². The first-order valence-electron chi connectivity index (χ1n) is 6.93. The molecule has 2 fully saturated rings. The molecular weight excluding hydrogens is 196 g/mol. The van der Waals surface area contributed by atoms with E-state index in [2.05, 4.69) is 36.2 Å². The van der Waals surface area contributed by atoms with Gasteiger partial charge in [-0.2, -0.15) is 0 Å². The maximum absolute atomic E-state index is 3.76. The fourth-order valence-electron chi connectivity index (χ4n) is 2.78. The molecule has 2 rings (SSSR count). The van der Waals surface area contributed by atoms with E-state index >= 15 is 0 Å². The molecule has 1 aliphatic heterocycles. The maximum Gasteiger partial charge on any atom is 0.0224 e. The molecule has 1 saturated carbocycles. The minimum absolute atomic E-state index is 0.760. The van der Waals surface area contributed by atoms with Gasteiger partial charge in [-0.3, -0.25) is 4.90 Å². The smallest absolute Gasteiger partial charge is 0.0224 e. The van der Waals surface area contributed by atoms with Crippen LogP contribution in [0.1, 0.15) is 39.5 Å². The summed E-state index contributed by atoms with van der Waals surface area (Å²) >= 11 is 0. The van der Waals surface area contributed by atoms with E-state index in [1.807, 2.05) is 0 Å². The lowest BCUT2D eigenvalue weighted by Crippen LogP contribution is -2.57. The number of hydrogen-bond donors (Lipinski definition) is 1. The molecule has 2 heteroatoms. The van der Waals surface area contributed by atoms with E-state index in [0.29, 0.717) is 0 Å². The van der Waals surface area contributed by atoms with Crippen molar-refractivity contribution in [2.24, 2.45) is 5.92 Å². The number of rotatable bonds is 5. The van der Waals surface area contributed by atoms with Crippen LogP contribution in [0.5, 0.6) is 0 Å². The largest absolute Gasteiger partial charge is 0.311 e. The fraction of sp³-hybridized carbons (Fsp3) is 0.857. The molecule has 0 aromatic carbocycles. The van der Waals surface area contributed by atoms with Gasteiger partial charge < -0.3 is 5.32 Å². The van der Waals surface area contributed by atoms with E-state index < -0.39 is 0 Å². The monoisotopic (exact) mass is 222 g/mol. The number of hydrogen-bond acceptors (Lipinski definition) is 2. The standard InChI is InChI=1S/C14H26N2/c1-3-5-9-16-11-14(12-7-8-12)15-10-13(16)6-4-2/h3,5,12-15H,4,6-11H2,1-2H3/b5-3+. The van der Waals surface area contributed by atoms with Gasteiger partial charge in [-0.25, -0.2) is 0 Å². The second-order valence-corrected chi connectivity index (χ2v) is 5.32. The summed E-state index contributed by atoms with van der Waals surface area (Å²) in [5.74, 6) is 0.982. The zero-order valence-electron chi connectivity index (χ0n) is 10.8. The van der Waals surface area contributed by atoms with Gasteiger partial charge >= 0.3 is 0 Å². The first kappa shape index (κ1) is 12.1. The van der Waals surface area contributed by atoms with Gasteiger partial charge in [-0.05, 0) is 32.1 Å². The Bertz CT molecular complexity index is 233. The average molecular weight is 222 g/mol. The second kappa shape index (κ2) is 5.83. The van der Waals surface area contributed by atoms with Crippen LogP contribution in [0.2, 0.25) is 0 Å². The highest BCUT2D eigenvalue weighted by Crippen LogP contribution is 2.34. The Kier molecular flexibility index (Phi) is 4.42. The van der Waals surface area contributed by atoms with Crippen molar-refractivity contribution in [3.8, 4) is 0 Å². The van der Waals surface area contributed by atoms with Crippen molar-refractivity contribution in [3.63, 3.8) is 0 Å². The van der Waals surface area contributed by atoms with Crippen molar-refractivity contribution >= 4 is 0 Å². The summed E-state index contributed by atoms with van der Waals surface area (Å²) in [6, 6.07) is 1.54. The van der Waals surface area contributed by atoms with E-state index in [9.17, 15) is 0 Å². The molecule has 0 bridgehead atoms. The molecule has 1 N–H and O–H groups in total. The SMILES string of the molecule is C/C=C/CN1CC(C2CC2)NCC1CCC. The molecule has 2 nitrogen and oxygen atoms in total. The summed E-state index contributed by atoms with van der Waals surface area (Å²) in [5.41, 5.74) is 0. The number of nitrogens with zero attached hydrogens (tertiary/aromatic N) is 1. The third-order valence-electron chi connectivity index (χ3n) is 3.95. The molecule has 0 aromatic rings. The predicted molar refractivity (Wildman–Crippen MR) is 69.6 cm³/mol. The van der Waals surface area contributed by atoms with Crippen LogP contribution in [-0.2, 0) is 0 Å².